The summed E-state index contributed by atoms with van der Waals surface area (Å²) in [6.45, 7) is 3.51. The van der Waals surface area contributed by atoms with E-state index in [1.165, 1.54) is 0 Å². The van der Waals surface area contributed by atoms with Crippen LogP contribution in [0.4, 0.5) is 3.89 Å². The van der Waals surface area contributed by atoms with Crippen LogP contribution in [-0.2, 0) is 17.0 Å². The highest BCUT2D eigenvalue weighted by Crippen LogP contribution is 2.17. The molecule has 0 aliphatic carbocycles. The Morgan fingerprint density at radius 3 is 2.43 bits per heavy atom. The lowest BCUT2D eigenvalue weighted by Crippen LogP contribution is -2.47. The fourth-order valence-corrected chi connectivity index (χ4v) is 3.04. The van der Waals surface area contributed by atoms with Gasteiger partial charge in [0.05, 0.1) is 6.54 Å². The van der Waals surface area contributed by atoms with Gasteiger partial charge in [-0.2, -0.15) is 17.7 Å². The number of piperazine rings is 1. The van der Waals surface area contributed by atoms with Crippen LogP contribution in [0.15, 0.2) is 28.8 Å². The van der Waals surface area contributed by atoms with Crippen molar-refractivity contribution in [3.8, 4) is 11.4 Å². The molecule has 1 aromatic carbocycles. The second-order valence-corrected chi connectivity index (χ2v) is 6.84. The first kappa shape index (κ1) is 16.0. The van der Waals surface area contributed by atoms with Gasteiger partial charge in [0.15, 0.2) is 0 Å². The van der Waals surface area contributed by atoms with Crippen molar-refractivity contribution in [2.24, 2.45) is 0 Å². The first-order chi connectivity index (χ1) is 10.9. The number of aryl methyl sites for hydroxylation is 1. The lowest BCUT2D eigenvalue weighted by atomic mass is 10.1. The van der Waals surface area contributed by atoms with E-state index in [9.17, 15) is 12.3 Å². The van der Waals surface area contributed by atoms with Gasteiger partial charge in [0.2, 0.25) is 11.7 Å². The molecule has 124 valence electrons. The summed E-state index contributed by atoms with van der Waals surface area (Å²) in [5, 5.41) is 3.96. The highest BCUT2D eigenvalue weighted by Gasteiger charge is 2.27. The van der Waals surface area contributed by atoms with E-state index in [0.717, 1.165) is 15.4 Å². The zero-order chi connectivity index (χ0) is 16.4. The van der Waals surface area contributed by atoms with E-state index in [0.29, 0.717) is 31.3 Å². The van der Waals surface area contributed by atoms with E-state index in [-0.39, 0.29) is 13.1 Å². The van der Waals surface area contributed by atoms with Crippen LogP contribution in [-0.4, -0.2) is 53.9 Å². The molecule has 3 rings (SSSR count). The van der Waals surface area contributed by atoms with Crippen LogP contribution in [0.3, 0.4) is 0 Å². The fraction of sp³-hybridized carbons (Fsp3) is 0.429. The molecule has 1 aliphatic rings. The molecule has 1 aliphatic heterocycles. The molecule has 0 amide bonds. The highest BCUT2D eigenvalue weighted by atomic mass is 32.3. The zero-order valence-electron chi connectivity index (χ0n) is 12.6. The Morgan fingerprint density at radius 1 is 1.17 bits per heavy atom. The van der Waals surface area contributed by atoms with E-state index in [1.807, 2.05) is 36.1 Å². The largest absolute Gasteiger partial charge is 0.374 e. The van der Waals surface area contributed by atoms with E-state index < -0.39 is 10.4 Å². The van der Waals surface area contributed by atoms with Gasteiger partial charge in [-0.3, -0.25) is 4.90 Å². The Labute approximate surface area is 134 Å². The van der Waals surface area contributed by atoms with Gasteiger partial charge in [-0.25, -0.2) is 0 Å². The molecule has 7 nitrogen and oxygen atoms in total. The lowest BCUT2D eigenvalue weighted by molar-refractivity contribution is 0.160. The van der Waals surface area contributed by atoms with Gasteiger partial charge in [-0.15, -0.1) is 0 Å². The maximum atomic E-state index is 12.9. The fourth-order valence-electron chi connectivity index (χ4n) is 2.44. The molecule has 0 bridgehead atoms. The standard InChI is InChI=1S/C14H17FN4O3S/c1-11-2-4-12(5-3-11)14-16-13(22-17-14)10-18-6-8-19(9-7-18)23(15,20)21/h2-5H,6-10H2,1H3. The molecule has 1 aromatic heterocycles. The molecule has 23 heavy (non-hydrogen) atoms. The Balaban J connectivity index is 1.61. The molecule has 1 fully saturated rings. The third-order valence-electron chi connectivity index (χ3n) is 3.78. The summed E-state index contributed by atoms with van der Waals surface area (Å²) >= 11 is 0. The maximum absolute atomic E-state index is 12.9. The molecule has 0 saturated carbocycles. The predicted molar refractivity (Wildman–Crippen MR) is 81.3 cm³/mol. The van der Waals surface area contributed by atoms with Crippen LogP contribution < -0.4 is 0 Å². The number of hydrogen-bond donors (Lipinski definition) is 0. The molecular formula is C14H17FN4O3S. The number of benzene rings is 1. The van der Waals surface area contributed by atoms with Crippen molar-refractivity contribution in [1.29, 1.82) is 0 Å². The SMILES string of the molecule is Cc1ccc(-c2noc(CN3CCN(S(=O)(=O)F)CC3)n2)cc1. The highest BCUT2D eigenvalue weighted by molar-refractivity contribution is 7.83. The molecule has 2 aromatic rings. The molecular weight excluding hydrogens is 323 g/mol. The number of aromatic nitrogens is 2. The van der Waals surface area contributed by atoms with Crippen LogP contribution in [0.5, 0.6) is 0 Å². The zero-order valence-corrected chi connectivity index (χ0v) is 13.5. The van der Waals surface area contributed by atoms with Crippen LogP contribution in [0, 0.1) is 6.92 Å². The quantitative estimate of drug-likeness (QED) is 0.782. The smallest absolute Gasteiger partial charge is 0.338 e. The van der Waals surface area contributed by atoms with Crippen LogP contribution in [0.25, 0.3) is 11.4 Å². The van der Waals surface area contributed by atoms with Crippen LogP contribution in [0.1, 0.15) is 11.5 Å². The van der Waals surface area contributed by atoms with Gasteiger partial charge in [-0.05, 0) is 6.92 Å². The minimum Gasteiger partial charge on any atom is -0.338 e. The van der Waals surface area contributed by atoms with Gasteiger partial charge in [0.1, 0.15) is 0 Å². The Morgan fingerprint density at radius 2 is 1.83 bits per heavy atom. The lowest BCUT2D eigenvalue weighted by Gasteiger charge is -2.30. The van der Waals surface area contributed by atoms with Gasteiger partial charge in [-0.1, -0.05) is 38.9 Å². The summed E-state index contributed by atoms with van der Waals surface area (Å²) in [5.74, 6) is 0.974. The first-order valence-electron chi connectivity index (χ1n) is 7.23. The van der Waals surface area contributed by atoms with Crippen molar-refractivity contribution in [3.63, 3.8) is 0 Å². The van der Waals surface area contributed by atoms with E-state index in [4.69, 9.17) is 4.52 Å². The summed E-state index contributed by atoms with van der Waals surface area (Å²) < 4.78 is 40.6. The number of nitrogens with zero attached hydrogens (tertiary/aromatic N) is 4. The monoisotopic (exact) mass is 340 g/mol. The number of hydrogen-bond acceptors (Lipinski definition) is 6. The maximum Gasteiger partial charge on any atom is 0.374 e. The van der Waals surface area contributed by atoms with Crippen molar-refractivity contribution in [2.45, 2.75) is 13.5 Å². The third kappa shape index (κ3) is 3.92. The molecule has 0 unspecified atom stereocenters. The Bertz CT molecular complexity index is 768. The van der Waals surface area contributed by atoms with Gasteiger partial charge < -0.3 is 4.52 Å². The van der Waals surface area contributed by atoms with Gasteiger partial charge in [0.25, 0.3) is 0 Å². The number of halogens is 1. The molecule has 1 saturated heterocycles. The summed E-state index contributed by atoms with van der Waals surface area (Å²) in [4.78, 5) is 6.30. The number of rotatable bonds is 4. The van der Waals surface area contributed by atoms with Crippen molar-refractivity contribution in [2.75, 3.05) is 26.2 Å². The van der Waals surface area contributed by atoms with Gasteiger partial charge in [0, 0.05) is 31.7 Å². The molecule has 9 heteroatoms. The van der Waals surface area contributed by atoms with Crippen LogP contribution >= 0.6 is 0 Å². The molecule has 0 atom stereocenters. The summed E-state index contributed by atoms with van der Waals surface area (Å²) in [7, 11) is -4.60. The average molecular weight is 340 g/mol. The Kier molecular flexibility index (Phi) is 4.42. The van der Waals surface area contributed by atoms with E-state index in [2.05, 4.69) is 10.1 Å². The van der Waals surface area contributed by atoms with Crippen molar-refractivity contribution < 1.29 is 16.8 Å². The average Bonchev–Trinajstić information content (AvgIpc) is 2.96. The van der Waals surface area contributed by atoms with Crippen molar-refractivity contribution in [1.82, 2.24) is 19.3 Å². The van der Waals surface area contributed by atoms with E-state index in [1.54, 1.807) is 0 Å². The van der Waals surface area contributed by atoms with Crippen molar-refractivity contribution >= 4 is 10.4 Å². The topological polar surface area (TPSA) is 79.5 Å². The van der Waals surface area contributed by atoms with Crippen LogP contribution in [0.2, 0.25) is 0 Å². The van der Waals surface area contributed by atoms with Gasteiger partial charge >= 0.3 is 10.4 Å². The minimum atomic E-state index is -4.60. The molecule has 0 spiro atoms. The molecule has 0 radical (unpaired) electrons. The summed E-state index contributed by atoms with van der Waals surface area (Å²) in [6.07, 6.45) is 0. The minimum absolute atomic E-state index is 0.123. The predicted octanol–water partition coefficient (Wildman–Crippen LogP) is 1.38. The first-order valence-corrected chi connectivity index (χ1v) is 8.57. The van der Waals surface area contributed by atoms with Crippen molar-refractivity contribution in [3.05, 3.63) is 35.7 Å². The Hall–Kier alpha value is -1.84. The third-order valence-corrected chi connectivity index (χ3v) is 4.76. The normalized spacial score (nSPS) is 17.5. The summed E-state index contributed by atoms with van der Waals surface area (Å²) in [5.41, 5.74) is 2.03. The van der Waals surface area contributed by atoms with E-state index >= 15 is 0 Å². The molecule has 2 heterocycles. The molecule has 0 N–H and O–H groups in total. The second-order valence-electron chi connectivity index (χ2n) is 5.50. The summed E-state index contributed by atoms with van der Waals surface area (Å²) in [6, 6.07) is 7.80. The second kappa shape index (κ2) is 6.34.